The van der Waals surface area contributed by atoms with E-state index in [9.17, 15) is 4.79 Å². The van der Waals surface area contributed by atoms with E-state index in [0.717, 1.165) is 12.8 Å². The average Bonchev–Trinajstić information content (AvgIpc) is 2.41. The zero-order valence-electron chi connectivity index (χ0n) is 11.6. The highest BCUT2D eigenvalue weighted by Gasteiger charge is 2.07. The number of hydrogen-bond donors (Lipinski definition) is 1. The summed E-state index contributed by atoms with van der Waals surface area (Å²) in [6.07, 6.45) is 5.89. The van der Waals surface area contributed by atoms with E-state index in [4.69, 9.17) is 14.6 Å². The lowest BCUT2D eigenvalue weighted by molar-refractivity contribution is -0.139. The summed E-state index contributed by atoms with van der Waals surface area (Å²) in [5.74, 6) is 0.0714. The summed E-state index contributed by atoms with van der Waals surface area (Å²) >= 11 is 0. The minimum absolute atomic E-state index is 0.355. The van der Waals surface area contributed by atoms with E-state index in [2.05, 4.69) is 6.92 Å². The third-order valence-corrected chi connectivity index (χ3v) is 2.90. The van der Waals surface area contributed by atoms with Gasteiger partial charge in [0.05, 0.1) is 7.11 Å². The van der Waals surface area contributed by atoms with Crippen molar-refractivity contribution in [2.45, 2.75) is 39.0 Å². The van der Waals surface area contributed by atoms with Crippen molar-refractivity contribution in [1.29, 1.82) is 0 Å². The molecule has 0 aromatic heterocycles. The number of carbonyl (C=O) groups is 1. The summed E-state index contributed by atoms with van der Waals surface area (Å²) in [4.78, 5) is 10.5. The molecule has 106 valence electrons. The SMILES string of the molecule is CCCCCCc1ccc(OCC(=O)O)c(OC)c1. The fourth-order valence-electron chi connectivity index (χ4n) is 1.88. The third-order valence-electron chi connectivity index (χ3n) is 2.90. The molecule has 0 fully saturated rings. The van der Waals surface area contributed by atoms with Gasteiger partial charge >= 0.3 is 5.97 Å². The molecule has 0 aliphatic rings. The summed E-state index contributed by atoms with van der Waals surface area (Å²) in [6.45, 7) is 1.84. The number of methoxy groups -OCH3 is 1. The number of benzene rings is 1. The monoisotopic (exact) mass is 266 g/mol. The summed E-state index contributed by atoms with van der Waals surface area (Å²) < 4.78 is 10.4. The Labute approximate surface area is 114 Å². The van der Waals surface area contributed by atoms with Crippen LogP contribution in [0.15, 0.2) is 18.2 Å². The molecule has 0 unspecified atom stereocenters. The van der Waals surface area contributed by atoms with E-state index in [1.54, 1.807) is 13.2 Å². The molecule has 1 aromatic carbocycles. The van der Waals surface area contributed by atoms with Gasteiger partial charge < -0.3 is 14.6 Å². The maximum absolute atomic E-state index is 10.5. The molecule has 1 aromatic rings. The van der Waals surface area contributed by atoms with Crippen molar-refractivity contribution in [1.82, 2.24) is 0 Å². The summed E-state index contributed by atoms with van der Waals surface area (Å²) in [7, 11) is 1.56. The molecule has 0 heterocycles. The zero-order valence-corrected chi connectivity index (χ0v) is 11.6. The van der Waals surface area contributed by atoms with Crippen molar-refractivity contribution in [3.8, 4) is 11.5 Å². The molecular weight excluding hydrogens is 244 g/mol. The number of aryl methyl sites for hydroxylation is 1. The van der Waals surface area contributed by atoms with Gasteiger partial charge in [0.1, 0.15) is 0 Å². The van der Waals surface area contributed by atoms with Crippen LogP contribution in [-0.2, 0) is 11.2 Å². The van der Waals surface area contributed by atoms with Gasteiger partial charge in [0.15, 0.2) is 18.1 Å². The maximum Gasteiger partial charge on any atom is 0.341 e. The normalized spacial score (nSPS) is 10.2. The van der Waals surface area contributed by atoms with E-state index in [0.29, 0.717) is 11.5 Å². The summed E-state index contributed by atoms with van der Waals surface area (Å²) in [6, 6.07) is 5.66. The zero-order chi connectivity index (χ0) is 14.1. The highest BCUT2D eigenvalue weighted by Crippen LogP contribution is 2.28. The molecule has 1 N–H and O–H groups in total. The number of aliphatic carboxylic acids is 1. The first-order chi connectivity index (χ1) is 9.17. The topological polar surface area (TPSA) is 55.8 Å². The lowest BCUT2D eigenvalue weighted by atomic mass is 10.1. The van der Waals surface area contributed by atoms with Crippen molar-refractivity contribution in [3.05, 3.63) is 23.8 Å². The molecule has 0 aliphatic heterocycles. The lowest BCUT2D eigenvalue weighted by Crippen LogP contribution is -2.10. The Balaban J connectivity index is 2.59. The minimum Gasteiger partial charge on any atom is -0.493 e. The first-order valence-electron chi connectivity index (χ1n) is 6.69. The molecule has 0 saturated carbocycles. The maximum atomic E-state index is 10.5. The molecule has 0 atom stereocenters. The predicted molar refractivity (Wildman–Crippen MR) is 74.0 cm³/mol. The molecule has 0 aliphatic carbocycles. The van der Waals surface area contributed by atoms with Gasteiger partial charge in [-0.1, -0.05) is 32.3 Å². The molecule has 1 rings (SSSR count). The van der Waals surface area contributed by atoms with Gasteiger partial charge in [0, 0.05) is 0 Å². The van der Waals surface area contributed by atoms with Crippen molar-refractivity contribution in [2.24, 2.45) is 0 Å². The van der Waals surface area contributed by atoms with Crippen molar-refractivity contribution < 1.29 is 19.4 Å². The molecular formula is C15H22O4. The first kappa shape index (κ1) is 15.3. The second kappa shape index (κ2) is 8.40. The number of carboxylic acids is 1. The van der Waals surface area contributed by atoms with E-state index >= 15 is 0 Å². The second-order valence-corrected chi connectivity index (χ2v) is 4.48. The van der Waals surface area contributed by atoms with Gasteiger partial charge in [-0.25, -0.2) is 4.79 Å². The van der Waals surface area contributed by atoms with Crippen LogP contribution in [0.3, 0.4) is 0 Å². The first-order valence-corrected chi connectivity index (χ1v) is 6.69. The van der Waals surface area contributed by atoms with Crippen LogP contribution in [-0.4, -0.2) is 24.8 Å². The van der Waals surface area contributed by atoms with Gasteiger partial charge in [0.25, 0.3) is 0 Å². The van der Waals surface area contributed by atoms with Gasteiger partial charge in [-0.3, -0.25) is 0 Å². The third kappa shape index (κ3) is 5.64. The van der Waals surface area contributed by atoms with Crippen LogP contribution in [0, 0.1) is 0 Å². The summed E-state index contributed by atoms with van der Waals surface area (Å²) in [5.41, 5.74) is 1.19. The predicted octanol–water partition coefficient (Wildman–Crippen LogP) is 3.28. The van der Waals surface area contributed by atoms with Crippen LogP contribution in [0.5, 0.6) is 11.5 Å². The highest BCUT2D eigenvalue weighted by molar-refractivity contribution is 5.68. The molecule has 4 heteroatoms. The Bertz CT molecular complexity index is 401. The second-order valence-electron chi connectivity index (χ2n) is 4.48. The van der Waals surface area contributed by atoms with Crippen molar-refractivity contribution in [2.75, 3.05) is 13.7 Å². The Hall–Kier alpha value is -1.71. The molecule has 19 heavy (non-hydrogen) atoms. The quantitative estimate of drug-likeness (QED) is 0.697. The van der Waals surface area contributed by atoms with E-state index in [-0.39, 0.29) is 6.61 Å². The van der Waals surface area contributed by atoms with Gasteiger partial charge in [-0.05, 0) is 30.5 Å². The lowest BCUT2D eigenvalue weighted by Gasteiger charge is -2.11. The largest absolute Gasteiger partial charge is 0.493 e. The fraction of sp³-hybridized carbons (Fsp3) is 0.533. The molecule has 0 bridgehead atoms. The minimum atomic E-state index is -0.995. The van der Waals surface area contributed by atoms with Crippen LogP contribution >= 0.6 is 0 Å². The average molecular weight is 266 g/mol. The molecule has 0 saturated heterocycles. The van der Waals surface area contributed by atoms with Crippen LogP contribution in [0.1, 0.15) is 38.2 Å². The summed E-state index contributed by atoms with van der Waals surface area (Å²) in [5, 5.41) is 8.59. The fourth-order valence-corrected chi connectivity index (χ4v) is 1.88. The molecule has 0 radical (unpaired) electrons. The van der Waals surface area contributed by atoms with Gasteiger partial charge in [0.2, 0.25) is 0 Å². The van der Waals surface area contributed by atoms with E-state index in [1.165, 1.54) is 24.8 Å². The molecule has 0 spiro atoms. The van der Waals surface area contributed by atoms with Crippen LogP contribution in [0.4, 0.5) is 0 Å². The number of carboxylic acid groups (broad SMARTS) is 1. The highest BCUT2D eigenvalue weighted by atomic mass is 16.5. The van der Waals surface area contributed by atoms with Gasteiger partial charge in [-0.2, -0.15) is 0 Å². The van der Waals surface area contributed by atoms with Crippen LogP contribution in [0.2, 0.25) is 0 Å². The Morgan fingerprint density at radius 1 is 1.21 bits per heavy atom. The van der Waals surface area contributed by atoms with Gasteiger partial charge in [-0.15, -0.1) is 0 Å². The standard InChI is InChI=1S/C15H22O4/c1-3-4-5-6-7-12-8-9-13(14(10-12)18-2)19-11-15(16)17/h8-10H,3-7,11H2,1-2H3,(H,16,17). The van der Waals surface area contributed by atoms with Crippen molar-refractivity contribution in [3.63, 3.8) is 0 Å². The van der Waals surface area contributed by atoms with Crippen LogP contribution < -0.4 is 9.47 Å². The number of hydrogen-bond acceptors (Lipinski definition) is 3. The Kier molecular flexibility index (Phi) is 6.79. The van der Waals surface area contributed by atoms with Crippen molar-refractivity contribution >= 4 is 5.97 Å². The molecule has 0 amide bonds. The van der Waals surface area contributed by atoms with E-state index in [1.807, 2.05) is 12.1 Å². The Morgan fingerprint density at radius 2 is 2.00 bits per heavy atom. The number of rotatable bonds is 9. The number of ether oxygens (including phenoxy) is 2. The van der Waals surface area contributed by atoms with E-state index < -0.39 is 5.97 Å². The Morgan fingerprint density at radius 3 is 2.63 bits per heavy atom. The smallest absolute Gasteiger partial charge is 0.341 e. The van der Waals surface area contributed by atoms with Crippen LogP contribution in [0.25, 0.3) is 0 Å². The number of unbranched alkanes of at least 4 members (excludes halogenated alkanes) is 3. The molecule has 4 nitrogen and oxygen atoms in total.